The van der Waals surface area contributed by atoms with E-state index in [2.05, 4.69) is 25.8 Å². The third kappa shape index (κ3) is 2.91. The maximum atomic E-state index is 12.2. The van der Waals surface area contributed by atoms with Gasteiger partial charge in [-0.05, 0) is 19.3 Å². The number of amides is 2. The van der Waals surface area contributed by atoms with Gasteiger partial charge < -0.3 is 15.4 Å². The maximum Gasteiger partial charge on any atom is 0.319 e. The SMILES string of the molecule is COCC1(NC(=O)Nc2cn[nH]c2-c2nccs2)CCC1. The molecular weight excluding hydrogens is 290 g/mol. The van der Waals surface area contributed by atoms with Gasteiger partial charge in [0.15, 0.2) is 0 Å². The van der Waals surface area contributed by atoms with Gasteiger partial charge in [-0.1, -0.05) is 0 Å². The lowest BCUT2D eigenvalue weighted by molar-refractivity contribution is 0.0648. The Morgan fingerprint density at radius 1 is 1.57 bits per heavy atom. The van der Waals surface area contributed by atoms with Crippen LogP contribution in [0.1, 0.15) is 19.3 Å². The topological polar surface area (TPSA) is 91.9 Å². The van der Waals surface area contributed by atoms with Gasteiger partial charge in [0.05, 0.1) is 24.0 Å². The Bertz CT molecular complexity index is 606. The van der Waals surface area contributed by atoms with Crippen LogP contribution >= 0.6 is 11.3 Å². The monoisotopic (exact) mass is 307 g/mol. The Kier molecular flexibility index (Phi) is 3.89. The van der Waals surface area contributed by atoms with E-state index in [9.17, 15) is 4.79 Å². The number of thiazole rings is 1. The highest BCUT2D eigenvalue weighted by Crippen LogP contribution is 2.32. The van der Waals surface area contributed by atoms with Crippen LogP contribution in [-0.2, 0) is 4.74 Å². The van der Waals surface area contributed by atoms with E-state index in [-0.39, 0.29) is 11.6 Å². The zero-order valence-electron chi connectivity index (χ0n) is 11.7. The van der Waals surface area contributed by atoms with Crippen molar-refractivity contribution < 1.29 is 9.53 Å². The molecule has 0 bridgehead atoms. The molecule has 0 radical (unpaired) electrons. The van der Waals surface area contributed by atoms with Crippen LogP contribution in [0.2, 0.25) is 0 Å². The molecule has 7 nitrogen and oxygen atoms in total. The predicted octanol–water partition coefficient (Wildman–Crippen LogP) is 2.22. The summed E-state index contributed by atoms with van der Waals surface area (Å²) in [4.78, 5) is 16.4. The van der Waals surface area contributed by atoms with E-state index in [1.165, 1.54) is 11.3 Å². The van der Waals surface area contributed by atoms with Crippen molar-refractivity contribution in [3.63, 3.8) is 0 Å². The first-order chi connectivity index (χ1) is 10.2. The van der Waals surface area contributed by atoms with E-state index in [4.69, 9.17) is 4.74 Å². The van der Waals surface area contributed by atoms with E-state index < -0.39 is 0 Å². The molecule has 2 aromatic rings. The van der Waals surface area contributed by atoms with Crippen molar-refractivity contribution in [2.75, 3.05) is 19.0 Å². The third-order valence-electron chi connectivity index (χ3n) is 3.64. The zero-order valence-corrected chi connectivity index (χ0v) is 12.5. The van der Waals surface area contributed by atoms with Gasteiger partial charge in [0.25, 0.3) is 0 Å². The first-order valence-corrected chi connectivity index (χ1v) is 7.62. The highest BCUT2D eigenvalue weighted by Gasteiger charge is 2.38. The summed E-state index contributed by atoms with van der Waals surface area (Å²) >= 11 is 1.48. The second kappa shape index (κ2) is 5.82. The normalized spacial score (nSPS) is 16.2. The molecule has 3 N–H and O–H groups in total. The minimum Gasteiger partial charge on any atom is -0.382 e. The average molecular weight is 307 g/mol. The van der Waals surface area contributed by atoms with Crippen molar-refractivity contribution in [1.29, 1.82) is 0 Å². The van der Waals surface area contributed by atoms with E-state index in [1.54, 1.807) is 19.5 Å². The molecule has 0 aromatic carbocycles. The zero-order chi connectivity index (χ0) is 14.7. The lowest BCUT2D eigenvalue weighted by atomic mass is 9.77. The van der Waals surface area contributed by atoms with Crippen LogP contribution in [-0.4, -0.2) is 40.5 Å². The fourth-order valence-corrected chi connectivity index (χ4v) is 3.12. The molecule has 21 heavy (non-hydrogen) atoms. The van der Waals surface area contributed by atoms with Crippen molar-refractivity contribution in [3.05, 3.63) is 17.8 Å². The molecular formula is C13H17N5O2S. The number of nitrogens with one attached hydrogen (secondary N) is 3. The molecule has 0 aliphatic heterocycles. The van der Waals surface area contributed by atoms with E-state index in [0.29, 0.717) is 12.3 Å². The van der Waals surface area contributed by atoms with Gasteiger partial charge in [0.2, 0.25) is 0 Å². The molecule has 2 amide bonds. The number of aromatic amines is 1. The second-order valence-electron chi connectivity index (χ2n) is 5.14. The van der Waals surface area contributed by atoms with Gasteiger partial charge in [-0.2, -0.15) is 5.10 Å². The third-order valence-corrected chi connectivity index (χ3v) is 4.43. The molecule has 0 spiro atoms. The number of hydrogen-bond donors (Lipinski definition) is 3. The highest BCUT2D eigenvalue weighted by molar-refractivity contribution is 7.13. The lowest BCUT2D eigenvalue weighted by Gasteiger charge is -2.41. The number of anilines is 1. The molecule has 1 aliphatic carbocycles. The summed E-state index contributed by atoms with van der Waals surface area (Å²) in [6.45, 7) is 0.533. The van der Waals surface area contributed by atoms with Crippen LogP contribution < -0.4 is 10.6 Å². The smallest absolute Gasteiger partial charge is 0.319 e. The largest absolute Gasteiger partial charge is 0.382 e. The molecule has 112 valence electrons. The molecule has 0 atom stereocenters. The Morgan fingerprint density at radius 2 is 2.43 bits per heavy atom. The lowest BCUT2D eigenvalue weighted by Crippen LogP contribution is -2.57. The summed E-state index contributed by atoms with van der Waals surface area (Å²) in [7, 11) is 1.65. The quantitative estimate of drug-likeness (QED) is 0.790. The minimum absolute atomic E-state index is 0.232. The second-order valence-corrected chi connectivity index (χ2v) is 6.04. The summed E-state index contributed by atoms with van der Waals surface area (Å²) in [6.07, 6.45) is 6.30. The molecule has 1 saturated carbocycles. The van der Waals surface area contributed by atoms with Gasteiger partial charge in [0.1, 0.15) is 10.7 Å². The first kappa shape index (κ1) is 14.0. The molecule has 3 rings (SSSR count). The van der Waals surface area contributed by atoms with Gasteiger partial charge in [-0.15, -0.1) is 11.3 Å². The van der Waals surface area contributed by atoms with E-state index in [0.717, 1.165) is 30.0 Å². The Morgan fingerprint density at radius 3 is 3.05 bits per heavy atom. The number of methoxy groups -OCH3 is 1. The number of carbonyl (C=O) groups is 1. The van der Waals surface area contributed by atoms with Gasteiger partial charge in [-0.25, -0.2) is 9.78 Å². The Balaban J connectivity index is 1.67. The van der Waals surface area contributed by atoms with E-state index >= 15 is 0 Å². The summed E-state index contributed by atoms with van der Waals surface area (Å²) in [5.74, 6) is 0. The van der Waals surface area contributed by atoms with Crippen molar-refractivity contribution in [1.82, 2.24) is 20.5 Å². The highest BCUT2D eigenvalue weighted by atomic mass is 32.1. The fraction of sp³-hybridized carbons (Fsp3) is 0.462. The van der Waals surface area contributed by atoms with Crippen LogP contribution in [0.15, 0.2) is 17.8 Å². The molecule has 2 heterocycles. The molecule has 1 fully saturated rings. The molecule has 2 aromatic heterocycles. The van der Waals surface area contributed by atoms with Gasteiger partial charge >= 0.3 is 6.03 Å². The minimum atomic E-state index is -0.244. The van der Waals surface area contributed by atoms with Crippen LogP contribution in [0, 0.1) is 0 Å². The molecule has 0 unspecified atom stereocenters. The van der Waals surface area contributed by atoms with Crippen LogP contribution in [0.5, 0.6) is 0 Å². The summed E-state index contributed by atoms with van der Waals surface area (Å²) in [5, 5.41) is 15.3. The van der Waals surface area contributed by atoms with Crippen molar-refractivity contribution >= 4 is 23.1 Å². The number of rotatable bonds is 5. The number of nitrogens with zero attached hydrogens (tertiary/aromatic N) is 2. The van der Waals surface area contributed by atoms with Crippen molar-refractivity contribution in [2.24, 2.45) is 0 Å². The van der Waals surface area contributed by atoms with Crippen molar-refractivity contribution in [3.8, 4) is 10.7 Å². The number of hydrogen-bond acceptors (Lipinski definition) is 5. The number of urea groups is 1. The maximum absolute atomic E-state index is 12.2. The fourth-order valence-electron chi connectivity index (χ4n) is 2.47. The van der Waals surface area contributed by atoms with Gasteiger partial charge in [-0.3, -0.25) is 5.10 Å². The Labute approximate surface area is 126 Å². The van der Waals surface area contributed by atoms with Gasteiger partial charge in [0, 0.05) is 18.7 Å². The number of aromatic nitrogens is 3. The van der Waals surface area contributed by atoms with Crippen LogP contribution in [0.25, 0.3) is 10.7 Å². The van der Waals surface area contributed by atoms with Crippen LogP contribution in [0.3, 0.4) is 0 Å². The number of H-pyrrole nitrogens is 1. The summed E-state index contributed by atoms with van der Waals surface area (Å²) in [5.41, 5.74) is 1.10. The summed E-state index contributed by atoms with van der Waals surface area (Å²) in [6, 6.07) is -0.244. The number of carbonyl (C=O) groups excluding carboxylic acids is 1. The predicted molar refractivity (Wildman–Crippen MR) is 80.3 cm³/mol. The summed E-state index contributed by atoms with van der Waals surface area (Å²) < 4.78 is 5.20. The molecule has 1 aliphatic rings. The average Bonchev–Trinajstić information content (AvgIpc) is 3.06. The van der Waals surface area contributed by atoms with Crippen molar-refractivity contribution in [2.45, 2.75) is 24.8 Å². The number of ether oxygens (including phenoxy) is 1. The first-order valence-electron chi connectivity index (χ1n) is 6.74. The Hall–Kier alpha value is -1.93. The van der Waals surface area contributed by atoms with E-state index in [1.807, 2.05) is 5.38 Å². The molecule has 8 heteroatoms. The van der Waals surface area contributed by atoms with Crippen LogP contribution in [0.4, 0.5) is 10.5 Å². The standard InChI is InChI=1S/C13H17N5O2S/c1-20-8-13(3-2-4-13)17-12(19)16-9-7-15-18-10(9)11-14-5-6-21-11/h5-7H,2-4,8H2,1H3,(H,15,18)(H2,16,17,19). The molecule has 0 saturated heterocycles.